The van der Waals surface area contributed by atoms with E-state index < -0.39 is 0 Å². The summed E-state index contributed by atoms with van der Waals surface area (Å²) in [5.74, 6) is 0. The number of aromatic nitrogens is 2. The van der Waals surface area contributed by atoms with E-state index in [0.29, 0.717) is 0 Å². The number of hydrogen-bond donors (Lipinski definition) is 0. The van der Waals surface area contributed by atoms with Gasteiger partial charge in [0.15, 0.2) is 0 Å². The second-order valence-electron chi connectivity index (χ2n) is 7.07. The minimum absolute atomic E-state index is 0.0759. The number of rotatable bonds is 5. The number of hydrogen-bond acceptors (Lipinski definition) is 3. The topological polar surface area (TPSA) is 30.3 Å². The van der Waals surface area contributed by atoms with Gasteiger partial charge in [0.05, 0.1) is 24.9 Å². The van der Waals surface area contributed by atoms with Gasteiger partial charge in [-0.15, -0.1) is 0 Å². The fourth-order valence-corrected chi connectivity index (χ4v) is 3.60. The van der Waals surface area contributed by atoms with Crippen LogP contribution in [0.2, 0.25) is 0 Å². The minimum atomic E-state index is 0.0759. The van der Waals surface area contributed by atoms with E-state index in [9.17, 15) is 0 Å². The molecule has 0 radical (unpaired) electrons. The maximum absolute atomic E-state index is 6.21. The van der Waals surface area contributed by atoms with Crippen LogP contribution in [-0.2, 0) is 17.8 Å². The van der Waals surface area contributed by atoms with Crippen LogP contribution in [0.25, 0.3) is 0 Å². The van der Waals surface area contributed by atoms with Crippen molar-refractivity contribution in [3.63, 3.8) is 0 Å². The van der Waals surface area contributed by atoms with Crippen LogP contribution < -0.4 is 0 Å². The molecule has 0 aliphatic carbocycles. The average Bonchev–Trinajstić information content (AvgIpc) is 3.19. The van der Waals surface area contributed by atoms with Crippen molar-refractivity contribution in [1.29, 1.82) is 0 Å². The van der Waals surface area contributed by atoms with E-state index in [0.717, 1.165) is 31.7 Å². The molecule has 2 heterocycles. The monoisotopic (exact) mass is 377 g/mol. The van der Waals surface area contributed by atoms with Crippen LogP contribution in [-0.4, -0.2) is 33.9 Å². The van der Waals surface area contributed by atoms with Gasteiger partial charge in [-0.3, -0.25) is 9.58 Å². The zero-order valence-corrected chi connectivity index (χ0v) is 17.2. The largest absolute Gasteiger partial charge is 0.368 e. The lowest BCUT2D eigenvalue weighted by Crippen LogP contribution is -2.42. The molecule has 2 aromatic carbocycles. The van der Waals surface area contributed by atoms with Crippen molar-refractivity contribution >= 4 is 0 Å². The average molecular weight is 378 g/mol. The zero-order chi connectivity index (χ0) is 19.8. The Morgan fingerprint density at radius 1 is 0.893 bits per heavy atom. The van der Waals surface area contributed by atoms with Crippen molar-refractivity contribution in [2.24, 2.45) is 0 Å². The highest BCUT2D eigenvalue weighted by Gasteiger charge is 2.27. The van der Waals surface area contributed by atoms with Crippen LogP contribution in [0.5, 0.6) is 0 Å². The molecule has 148 valence electrons. The lowest BCUT2D eigenvalue weighted by molar-refractivity contribution is -0.0814. The molecule has 0 amide bonds. The van der Waals surface area contributed by atoms with Gasteiger partial charge >= 0.3 is 0 Å². The third-order valence-corrected chi connectivity index (χ3v) is 4.80. The van der Waals surface area contributed by atoms with Crippen molar-refractivity contribution in [2.45, 2.75) is 46.1 Å². The van der Waals surface area contributed by atoms with Gasteiger partial charge in [0, 0.05) is 31.4 Å². The highest BCUT2D eigenvalue weighted by atomic mass is 16.5. The van der Waals surface area contributed by atoms with Crippen LogP contribution in [0, 0.1) is 0 Å². The molecule has 4 rings (SSSR count). The maximum Gasteiger partial charge on any atom is 0.0986 e. The number of nitrogens with zero attached hydrogens (tertiary/aromatic N) is 3. The SMILES string of the molecule is CC.CC1CN(Cc2ccccc2)CC(c2cnn(Cc3ccccc3)c2)O1. The molecule has 4 heteroatoms. The molecule has 1 aliphatic rings. The predicted octanol–water partition coefficient (Wildman–Crippen LogP) is 4.92. The van der Waals surface area contributed by atoms with E-state index in [2.05, 4.69) is 77.7 Å². The number of ether oxygens (including phenoxy) is 1. The molecule has 4 nitrogen and oxygen atoms in total. The molecule has 0 N–H and O–H groups in total. The van der Waals surface area contributed by atoms with Crippen LogP contribution in [0.3, 0.4) is 0 Å². The van der Waals surface area contributed by atoms with E-state index in [1.165, 1.54) is 11.1 Å². The molecule has 3 aromatic rings. The number of morpholine rings is 1. The highest BCUT2D eigenvalue weighted by Crippen LogP contribution is 2.26. The van der Waals surface area contributed by atoms with Gasteiger partial charge in [0.25, 0.3) is 0 Å². The van der Waals surface area contributed by atoms with Crippen molar-refractivity contribution < 1.29 is 4.74 Å². The van der Waals surface area contributed by atoms with E-state index in [4.69, 9.17) is 4.74 Å². The Labute approximate surface area is 168 Å². The first kappa shape index (κ1) is 20.3. The van der Waals surface area contributed by atoms with Crippen LogP contribution in [0.15, 0.2) is 73.1 Å². The Morgan fingerprint density at radius 2 is 1.50 bits per heavy atom. The Bertz CT molecular complexity index is 816. The van der Waals surface area contributed by atoms with E-state index >= 15 is 0 Å². The van der Waals surface area contributed by atoms with Crippen molar-refractivity contribution in [2.75, 3.05) is 13.1 Å². The summed E-state index contributed by atoms with van der Waals surface area (Å²) in [5.41, 5.74) is 3.76. The fourth-order valence-electron chi connectivity index (χ4n) is 3.60. The molecule has 2 unspecified atom stereocenters. The molecule has 1 saturated heterocycles. The summed E-state index contributed by atoms with van der Waals surface area (Å²) in [6.07, 6.45) is 4.37. The molecule has 0 spiro atoms. The van der Waals surface area contributed by atoms with Crippen LogP contribution >= 0.6 is 0 Å². The van der Waals surface area contributed by atoms with Gasteiger partial charge in [-0.2, -0.15) is 5.10 Å². The zero-order valence-electron chi connectivity index (χ0n) is 17.2. The fraction of sp³-hybridized carbons (Fsp3) is 0.375. The van der Waals surface area contributed by atoms with E-state index in [-0.39, 0.29) is 12.2 Å². The molecule has 0 saturated carbocycles. The first-order chi connectivity index (χ1) is 13.8. The molecule has 2 atom stereocenters. The summed E-state index contributed by atoms with van der Waals surface area (Å²) < 4.78 is 8.20. The molecule has 28 heavy (non-hydrogen) atoms. The first-order valence-corrected chi connectivity index (χ1v) is 10.2. The van der Waals surface area contributed by atoms with Crippen LogP contribution in [0.4, 0.5) is 0 Å². The summed E-state index contributed by atoms with van der Waals surface area (Å²) in [7, 11) is 0. The molecular formula is C24H31N3O. The van der Waals surface area contributed by atoms with Gasteiger partial charge in [-0.1, -0.05) is 74.5 Å². The van der Waals surface area contributed by atoms with Gasteiger partial charge in [0.1, 0.15) is 0 Å². The molecule has 1 aromatic heterocycles. The summed E-state index contributed by atoms with van der Waals surface area (Å²) in [5, 5.41) is 4.54. The Hall–Kier alpha value is -2.43. The van der Waals surface area contributed by atoms with Crippen LogP contribution in [0.1, 0.15) is 43.6 Å². The summed E-state index contributed by atoms with van der Waals surface area (Å²) in [4.78, 5) is 2.47. The van der Waals surface area contributed by atoms with Gasteiger partial charge < -0.3 is 4.74 Å². The third kappa shape index (κ3) is 5.54. The van der Waals surface area contributed by atoms with Crippen molar-refractivity contribution in [1.82, 2.24) is 14.7 Å². The molecular weight excluding hydrogens is 346 g/mol. The predicted molar refractivity (Wildman–Crippen MR) is 114 cm³/mol. The number of benzene rings is 2. The Kier molecular flexibility index (Phi) is 7.40. The lowest BCUT2D eigenvalue weighted by Gasteiger charge is -2.36. The summed E-state index contributed by atoms with van der Waals surface area (Å²) in [6.45, 7) is 9.76. The molecule has 1 fully saturated rings. The summed E-state index contributed by atoms with van der Waals surface area (Å²) in [6, 6.07) is 21.1. The van der Waals surface area contributed by atoms with Crippen molar-refractivity contribution in [3.8, 4) is 0 Å². The minimum Gasteiger partial charge on any atom is -0.368 e. The molecule has 0 bridgehead atoms. The standard InChI is InChI=1S/C22H25N3O.C2H6/c1-18-13-24(14-19-8-4-2-5-9-19)17-22(26-18)21-12-23-25(16-21)15-20-10-6-3-7-11-20;1-2/h2-12,16,18,22H,13-15,17H2,1H3;1-2H3. The summed E-state index contributed by atoms with van der Waals surface area (Å²) >= 11 is 0. The van der Waals surface area contributed by atoms with E-state index in [1.54, 1.807) is 0 Å². The molecule has 1 aliphatic heterocycles. The normalized spacial score (nSPS) is 19.7. The first-order valence-electron chi connectivity index (χ1n) is 10.2. The second-order valence-corrected chi connectivity index (χ2v) is 7.07. The lowest BCUT2D eigenvalue weighted by atomic mass is 10.1. The third-order valence-electron chi connectivity index (χ3n) is 4.80. The van der Waals surface area contributed by atoms with Gasteiger partial charge in [-0.25, -0.2) is 0 Å². The van der Waals surface area contributed by atoms with Gasteiger partial charge in [-0.05, 0) is 18.1 Å². The quantitative estimate of drug-likeness (QED) is 0.632. The highest BCUT2D eigenvalue weighted by molar-refractivity contribution is 5.17. The van der Waals surface area contributed by atoms with Crippen molar-refractivity contribution in [3.05, 3.63) is 89.7 Å². The smallest absolute Gasteiger partial charge is 0.0986 e. The Morgan fingerprint density at radius 3 is 2.14 bits per heavy atom. The Balaban J connectivity index is 0.00000109. The van der Waals surface area contributed by atoms with Gasteiger partial charge in [0.2, 0.25) is 0 Å². The second kappa shape index (κ2) is 10.2. The maximum atomic E-state index is 6.21. The van der Waals surface area contributed by atoms with E-state index in [1.807, 2.05) is 30.8 Å².